The van der Waals surface area contributed by atoms with Crippen LogP contribution in [0.1, 0.15) is 23.7 Å². The number of hydrogen-bond acceptors (Lipinski definition) is 2. The summed E-state index contributed by atoms with van der Waals surface area (Å²) in [6, 6.07) is 2.82. The Balaban J connectivity index is 3.04. The lowest BCUT2D eigenvalue weighted by Gasteiger charge is -2.11. The first-order chi connectivity index (χ1) is 6.57. The van der Waals surface area contributed by atoms with E-state index in [2.05, 4.69) is 0 Å². The third kappa shape index (κ3) is 2.08. The molecule has 3 N–H and O–H groups in total. The second-order valence-corrected chi connectivity index (χ2v) is 3.19. The van der Waals surface area contributed by atoms with Gasteiger partial charge in [-0.2, -0.15) is 0 Å². The topological polar surface area (TPSA) is 46.2 Å². The molecule has 0 saturated heterocycles. The van der Waals surface area contributed by atoms with Gasteiger partial charge in [-0.1, -0.05) is 12.1 Å². The first kappa shape index (κ1) is 11.1. The lowest BCUT2D eigenvalue weighted by Crippen LogP contribution is -2.09. The van der Waals surface area contributed by atoms with Crippen molar-refractivity contribution in [1.29, 1.82) is 0 Å². The molecule has 2 nitrogen and oxygen atoms in total. The fourth-order valence-corrected chi connectivity index (χ4v) is 1.23. The molecule has 0 bridgehead atoms. The predicted octanol–water partition coefficient (Wildman–Crippen LogP) is 1.66. The molecule has 0 amide bonds. The largest absolute Gasteiger partial charge is 0.388 e. The van der Waals surface area contributed by atoms with E-state index in [9.17, 15) is 13.9 Å². The number of nitrogens with two attached hydrogens (primary N) is 1. The van der Waals surface area contributed by atoms with Crippen molar-refractivity contribution in [3.63, 3.8) is 0 Å². The number of aliphatic hydroxyl groups is 1. The molecule has 0 aromatic heterocycles. The average Bonchev–Trinajstić information content (AvgIpc) is 2.15. The second kappa shape index (κ2) is 4.48. The predicted molar refractivity (Wildman–Crippen MR) is 49.7 cm³/mol. The minimum absolute atomic E-state index is 0.0291. The number of aliphatic hydroxyl groups excluding tert-OH is 1. The van der Waals surface area contributed by atoms with Crippen LogP contribution in [0.3, 0.4) is 0 Å². The van der Waals surface area contributed by atoms with Crippen molar-refractivity contribution in [3.05, 3.63) is 34.9 Å². The van der Waals surface area contributed by atoms with E-state index in [1.807, 2.05) is 0 Å². The van der Waals surface area contributed by atoms with Crippen LogP contribution >= 0.6 is 0 Å². The van der Waals surface area contributed by atoms with E-state index in [1.165, 1.54) is 19.1 Å². The molecule has 0 aliphatic heterocycles. The molecular weight excluding hydrogens is 188 g/mol. The molecule has 0 radical (unpaired) electrons. The van der Waals surface area contributed by atoms with Crippen molar-refractivity contribution in [2.24, 2.45) is 5.73 Å². The number of aryl methyl sites for hydroxylation is 1. The highest BCUT2D eigenvalue weighted by molar-refractivity contribution is 5.26. The quantitative estimate of drug-likeness (QED) is 0.781. The molecule has 1 rings (SSSR count). The normalized spacial score (nSPS) is 12.9. The van der Waals surface area contributed by atoms with E-state index >= 15 is 0 Å². The minimum atomic E-state index is -1.03. The van der Waals surface area contributed by atoms with Crippen LogP contribution in [0.2, 0.25) is 0 Å². The van der Waals surface area contributed by atoms with Crippen molar-refractivity contribution in [2.75, 3.05) is 6.54 Å². The van der Waals surface area contributed by atoms with Crippen molar-refractivity contribution < 1.29 is 13.9 Å². The second-order valence-electron chi connectivity index (χ2n) is 3.19. The van der Waals surface area contributed by atoms with Crippen LogP contribution < -0.4 is 5.73 Å². The van der Waals surface area contributed by atoms with E-state index in [0.717, 1.165) is 0 Å². The molecule has 78 valence electrons. The van der Waals surface area contributed by atoms with Crippen LogP contribution in [0.4, 0.5) is 8.78 Å². The van der Waals surface area contributed by atoms with E-state index < -0.39 is 17.7 Å². The molecular formula is C10H13F2NO. The Kier molecular flexibility index (Phi) is 3.55. The first-order valence-electron chi connectivity index (χ1n) is 4.40. The first-order valence-corrected chi connectivity index (χ1v) is 4.40. The van der Waals surface area contributed by atoms with Gasteiger partial charge in [-0.15, -0.1) is 0 Å². The number of rotatable bonds is 3. The van der Waals surface area contributed by atoms with Crippen LogP contribution in [0, 0.1) is 18.6 Å². The monoisotopic (exact) mass is 201 g/mol. The van der Waals surface area contributed by atoms with Crippen LogP contribution in [-0.2, 0) is 0 Å². The summed E-state index contributed by atoms with van der Waals surface area (Å²) < 4.78 is 26.3. The SMILES string of the molecule is Cc1ccc(C(O)CCN)c(F)c1F. The molecule has 1 unspecified atom stereocenters. The molecule has 0 aliphatic carbocycles. The van der Waals surface area contributed by atoms with E-state index in [4.69, 9.17) is 5.73 Å². The van der Waals surface area contributed by atoms with Crippen molar-refractivity contribution in [2.45, 2.75) is 19.4 Å². The van der Waals surface area contributed by atoms with Gasteiger partial charge in [-0.3, -0.25) is 0 Å². The Labute approximate surface area is 81.4 Å². The summed E-state index contributed by atoms with van der Waals surface area (Å²) in [7, 11) is 0. The number of hydrogen-bond donors (Lipinski definition) is 2. The summed E-state index contributed by atoms with van der Waals surface area (Å²) in [5.74, 6) is -1.88. The van der Waals surface area contributed by atoms with Crippen LogP contribution in [0.5, 0.6) is 0 Å². The maximum Gasteiger partial charge on any atom is 0.164 e. The van der Waals surface area contributed by atoms with Crippen molar-refractivity contribution in [3.8, 4) is 0 Å². The lowest BCUT2D eigenvalue weighted by molar-refractivity contribution is 0.164. The third-order valence-corrected chi connectivity index (χ3v) is 2.10. The van der Waals surface area contributed by atoms with Crippen LogP contribution in [0.15, 0.2) is 12.1 Å². The molecule has 0 heterocycles. The van der Waals surface area contributed by atoms with Gasteiger partial charge < -0.3 is 10.8 Å². The van der Waals surface area contributed by atoms with E-state index in [-0.39, 0.29) is 24.1 Å². The highest BCUT2D eigenvalue weighted by Gasteiger charge is 2.16. The van der Waals surface area contributed by atoms with E-state index in [0.29, 0.717) is 0 Å². The van der Waals surface area contributed by atoms with Gasteiger partial charge in [0, 0.05) is 5.56 Å². The summed E-state index contributed by atoms with van der Waals surface area (Å²) >= 11 is 0. The maximum absolute atomic E-state index is 13.3. The average molecular weight is 201 g/mol. The Morgan fingerprint density at radius 2 is 2.00 bits per heavy atom. The molecule has 1 atom stereocenters. The molecule has 0 aliphatic rings. The van der Waals surface area contributed by atoms with Gasteiger partial charge in [0.05, 0.1) is 6.10 Å². The molecule has 0 fully saturated rings. The molecule has 0 saturated carbocycles. The molecule has 1 aromatic carbocycles. The summed E-state index contributed by atoms with van der Waals surface area (Å²) in [5, 5.41) is 9.43. The molecule has 14 heavy (non-hydrogen) atoms. The Morgan fingerprint density at radius 1 is 1.36 bits per heavy atom. The lowest BCUT2D eigenvalue weighted by atomic mass is 10.0. The van der Waals surface area contributed by atoms with E-state index in [1.54, 1.807) is 0 Å². The summed E-state index contributed by atoms with van der Waals surface area (Å²) in [5.41, 5.74) is 5.41. The van der Waals surface area contributed by atoms with Gasteiger partial charge in [0.2, 0.25) is 0 Å². The molecule has 4 heteroatoms. The highest BCUT2D eigenvalue weighted by atomic mass is 19.2. The maximum atomic E-state index is 13.3. The van der Waals surface area contributed by atoms with Crippen molar-refractivity contribution >= 4 is 0 Å². The van der Waals surface area contributed by atoms with Crippen molar-refractivity contribution in [1.82, 2.24) is 0 Å². The zero-order valence-corrected chi connectivity index (χ0v) is 7.93. The summed E-state index contributed by atoms with van der Waals surface area (Å²) in [6.45, 7) is 1.70. The minimum Gasteiger partial charge on any atom is -0.388 e. The van der Waals surface area contributed by atoms with Gasteiger partial charge in [-0.05, 0) is 25.5 Å². The standard InChI is InChI=1S/C10H13F2NO/c1-6-2-3-7(8(14)4-5-13)10(12)9(6)11/h2-3,8,14H,4-5,13H2,1H3. The van der Waals surface area contributed by atoms with Gasteiger partial charge >= 0.3 is 0 Å². The fraction of sp³-hybridized carbons (Fsp3) is 0.400. The number of benzene rings is 1. The zero-order chi connectivity index (χ0) is 10.7. The van der Waals surface area contributed by atoms with Gasteiger partial charge in [0.1, 0.15) is 0 Å². The Morgan fingerprint density at radius 3 is 2.57 bits per heavy atom. The summed E-state index contributed by atoms with van der Waals surface area (Å²) in [6.07, 6.45) is -0.811. The van der Waals surface area contributed by atoms with Crippen LogP contribution in [-0.4, -0.2) is 11.7 Å². The van der Waals surface area contributed by atoms with Gasteiger partial charge in [-0.25, -0.2) is 8.78 Å². The zero-order valence-electron chi connectivity index (χ0n) is 7.93. The fourth-order valence-electron chi connectivity index (χ4n) is 1.23. The molecule has 1 aromatic rings. The summed E-state index contributed by atoms with van der Waals surface area (Å²) in [4.78, 5) is 0. The van der Waals surface area contributed by atoms with Crippen LogP contribution in [0.25, 0.3) is 0 Å². The highest BCUT2D eigenvalue weighted by Crippen LogP contribution is 2.23. The Bertz CT molecular complexity index is 328. The number of halogens is 2. The smallest absolute Gasteiger partial charge is 0.164 e. The Hall–Kier alpha value is -1.00. The van der Waals surface area contributed by atoms with Gasteiger partial charge in [0.25, 0.3) is 0 Å². The van der Waals surface area contributed by atoms with Gasteiger partial charge in [0.15, 0.2) is 11.6 Å². The third-order valence-electron chi connectivity index (χ3n) is 2.10. The molecule has 0 spiro atoms.